The molecule has 1 atom stereocenters. The van der Waals surface area contributed by atoms with Gasteiger partial charge in [-0.25, -0.2) is 4.98 Å². The first-order chi connectivity index (χ1) is 9.43. The number of nitrogens with one attached hydrogen (secondary N) is 1. The molecule has 0 radical (unpaired) electrons. The third kappa shape index (κ3) is 3.39. The summed E-state index contributed by atoms with van der Waals surface area (Å²) in [5.74, 6) is 0. The number of thiazole rings is 1. The molecule has 2 nitrogen and oxygen atoms in total. The number of rotatable bonds is 5. The van der Waals surface area contributed by atoms with Gasteiger partial charge in [-0.05, 0) is 41.8 Å². The van der Waals surface area contributed by atoms with Crippen LogP contribution < -0.4 is 5.32 Å². The van der Waals surface area contributed by atoms with Crippen molar-refractivity contribution in [2.24, 2.45) is 0 Å². The van der Waals surface area contributed by atoms with Gasteiger partial charge in [0.25, 0.3) is 0 Å². The van der Waals surface area contributed by atoms with Crippen LogP contribution in [-0.2, 0) is 6.18 Å². The van der Waals surface area contributed by atoms with Gasteiger partial charge in [0.05, 0.1) is 6.04 Å². The lowest BCUT2D eigenvalue weighted by atomic mass is 10.1. The van der Waals surface area contributed by atoms with Crippen LogP contribution in [0.3, 0.4) is 0 Å². The van der Waals surface area contributed by atoms with E-state index in [1.807, 2.05) is 24.6 Å². The van der Waals surface area contributed by atoms with Gasteiger partial charge < -0.3 is 5.32 Å². The van der Waals surface area contributed by atoms with Crippen molar-refractivity contribution in [1.29, 1.82) is 0 Å². The summed E-state index contributed by atoms with van der Waals surface area (Å²) in [7, 11) is 0. The fraction of sp³-hybridized carbons (Fsp3) is 0.462. The Bertz CT molecular complexity index is 560. The average Bonchev–Trinajstić information content (AvgIpc) is 2.99. The van der Waals surface area contributed by atoms with E-state index in [9.17, 15) is 13.2 Å². The molecule has 0 aromatic carbocycles. The molecule has 1 unspecified atom stereocenters. The fourth-order valence-electron chi connectivity index (χ4n) is 1.87. The van der Waals surface area contributed by atoms with E-state index in [1.54, 1.807) is 11.3 Å². The molecule has 7 heteroatoms. The standard InChI is InChI=1S/C13H15F3N2S2/c1-3-4-17-11(9-7-19-6-8(9)2)10-5-18-12(20-10)13(14,15)16/h5-7,11,17H,3-4H2,1-2H3. The van der Waals surface area contributed by atoms with Crippen LogP contribution in [0, 0.1) is 6.92 Å². The molecule has 2 heterocycles. The van der Waals surface area contributed by atoms with E-state index >= 15 is 0 Å². The number of nitrogens with zero attached hydrogens (tertiary/aromatic N) is 1. The van der Waals surface area contributed by atoms with Crippen molar-refractivity contribution in [3.8, 4) is 0 Å². The highest BCUT2D eigenvalue weighted by Crippen LogP contribution is 2.37. The molecule has 2 rings (SSSR count). The minimum Gasteiger partial charge on any atom is -0.306 e. The van der Waals surface area contributed by atoms with Gasteiger partial charge in [0.1, 0.15) is 0 Å². The smallest absolute Gasteiger partial charge is 0.306 e. The molecule has 0 fully saturated rings. The summed E-state index contributed by atoms with van der Waals surface area (Å²) in [5.41, 5.74) is 2.12. The predicted octanol–water partition coefficient (Wildman–Crippen LogP) is 4.62. The molecule has 0 bridgehead atoms. The van der Waals surface area contributed by atoms with Gasteiger partial charge in [-0.15, -0.1) is 11.3 Å². The molecule has 0 spiro atoms. The van der Waals surface area contributed by atoms with E-state index in [1.165, 1.54) is 6.20 Å². The van der Waals surface area contributed by atoms with Crippen molar-refractivity contribution in [3.63, 3.8) is 0 Å². The van der Waals surface area contributed by atoms with E-state index in [-0.39, 0.29) is 6.04 Å². The third-order valence-corrected chi connectivity index (χ3v) is 4.84. The second kappa shape index (κ2) is 6.24. The maximum absolute atomic E-state index is 12.7. The van der Waals surface area contributed by atoms with Crippen molar-refractivity contribution < 1.29 is 13.2 Å². The molecule has 0 saturated heterocycles. The lowest BCUT2D eigenvalue weighted by Crippen LogP contribution is -2.22. The Morgan fingerprint density at radius 1 is 1.35 bits per heavy atom. The topological polar surface area (TPSA) is 24.9 Å². The zero-order valence-corrected chi connectivity index (χ0v) is 12.8. The van der Waals surface area contributed by atoms with Gasteiger partial charge in [0.15, 0.2) is 5.01 Å². The van der Waals surface area contributed by atoms with Gasteiger partial charge in [0.2, 0.25) is 0 Å². The Hall–Kier alpha value is -0.920. The number of alkyl halides is 3. The van der Waals surface area contributed by atoms with Gasteiger partial charge in [-0.3, -0.25) is 0 Å². The van der Waals surface area contributed by atoms with Crippen molar-refractivity contribution in [1.82, 2.24) is 10.3 Å². The predicted molar refractivity (Wildman–Crippen MR) is 76.3 cm³/mol. The molecular formula is C13H15F3N2S2. The lowest BCUT2D eigenvalue weighted by molar-refractivity contribution is -0.137. The Kier molecular flexibility index (Phi) is 4.82. The number of aromatic nitrogens is 1. The van der Waals surface area contributed by atoms with Crippen molar-refractivity contribution >= 4 is 22.7 Å². The van der Waals surface area contributed by atoms with Gasteiger partial charge in [-0.2, -0.15) is 24.5 Å². The van der Waals surface area contributed by atoms with Crippen LogP contribution >= 0.6 is 22.7 Å². The van der Waals surface area contributed by atoms with E-state index < -0.39 is 11.2 Å². The summed E-state index contributed by atoms with van der Waals surface area (Å²) in [5, 5.41) is 6.50. The number of aryl methyl sites for hydroxylation is 1. The molecule has 110 valence electrons. The zero-order chi connectivity index (χ0) is 14.8. The van der Waals surface area contributed by atoms with Crippen molar-refractivity contribution in [2.45, 2.75) is 32.5 Å². The quantitative estimate of drug-likeness (QED) is 0.869. The zero-order valence-electron chi connectivity index (χ0n) is 11.1. The molecule has 1 N–H and O–H groups in total. The first-order valence-corrected chi connectivity index (χ1v) is 7.98. The molecule has 0 saturated carbocycles. The fourth-order valence-corrected chi connectivity index (χ4v) is 3.62. The van der Waals surface area contributed by atoms with E-state index in [0.29, 0.717) is 16.2 Å². The number of thiophene rings is 1. The van der Waals surface area contributed by atoms with Crippen LogP contribution in [0.4, 0.5) is 13.2 Å². The molecule has 20 heavy (non-hydrogen) atoms. The van der Waals surface area contributed by atoms with Crippen LogP contribution in [0.15, 0.2) is 17.0 Å². The minimum atomic E-state index is -4.37. The van der Waals surface area contributed by atoms with Gasteiger partial charge in [0, 0.05) is 11.1 Å². The third-order valence-electron chi connectivity index (χ3n) is 2.86. The highest BCUT2D eigenvalue weighted by atomic mass is 32.1. The van der Waals surface area contributed by atoms with Gasteiger partial charge >= 0.3 is 6.18 Å². The number of hydrogen-bond acceptors (Lipinski definition) is 4. The maximum atomic E-state index is 12.7. The van der Waals surface area contributed by atoms with Crippen molar-refractivity contribution in [2.75, 3.05) is 6.54 Å². The first kappa shape index (κ1) is 15.5. The maximum Gasteiger partial charge on any atom is 0.443 e. The van der Waals surface area contributed by atoms with Crippen LogP contribution in [0.1, 0.15) is 40.4 Å². The van der Waals surface area contributed by atoms with Crippen LogP contribution in [0.25, 0.3) is 0 Å². The average molecular weight is 320 g/mol. The highest BCUT2D eigenvalue weighted by Gasteiger charge is 2.35. The Morgan fingerprint density at radius 3 is 2.60 bits per heavy atom. The van der Waals surface area contributed by atoms with Crippen LogP contribution in [0.5, 0.6) is 0 Å². The molecule has 2 aromatic rings. The molecule has 0 aliphatic rings. The monoisotopic (exact) mass is 320 g/mol. The molecule has 0 aliphatic carbocycles. The summed E-state index contributed by atoms with van der Waals surface area (Å²) < 4.78 is 38.0. The molecule has 0 aliphatic heterocycles. The molecule has 2 aromatic heterocycles. The Morgan fingerprint density at radius 2 is 2.10 bits per heavy atom. The molecular weight excluding hydrogens is 305 g/mol. The van der Waals surface area contributed by atoms with E-state index in [0.717, 1.165) is 24.1 Å². The Labute approximate surface area is 123 Å². The second-order valence-electron chi connectivity index (χ2n) is 4.46. The number of hydrogen-bond donors (Lipinski definition) is 1. The Balaban J connectivity index is 2.32. The minimum absolute atomic E-state index is 0.213. The molecule has 0 amide bonds. The van der Waals surface area contributed by atoms with Crippen molar-refractivity contribution in [3.05, 3.63) is 38.0 Å². The summed E-state index contributed by atoms with van der Waals surface area (Å²) in [4.78, 5) is 4.12. The number of halogens is 3. The summed E-state index contributed by atoms with van der Waals surface area (Å²) >= 11 is 2.27. The van der Waals surface area contributed by atoms with Gasteiger partial charge in [-0.1, -0.05) is 6.92 Å². The normalized spacial score (nSPS) is 13.7. The second-order valence-corrected chi connectivity index (χ2v) is 6.27. The van der Waals surface area contributed by atoms with Crippen LogP contribution in [0.2, 0.25) is 0 Å². The van der Waals surface area contributed by atoms with Crippen LogP contribution in [-0.4, -0.2) is 11.5 Å². The first-order valence-electron chi connectivity index (χ1n) is 6.22. The van der Waals surface area contributed by atoms with E-state index in [4.69, 9.17) is 0 Å². The lowest BCUT2D eigenvalue weighted by Gasteiger charge is -2.17. The highest BCUT2D eigenvalue weighted by molar-refractivity contribution is 7.11. The largest absolute Gasteiger partial charge is 0.443 e. The summed E-state index contributed by atoms with van der Waals surface area (Å²) in [6.45, 7) is 4.75. The summed E-state index contributed by atoms with van der Waals surface area (Å²) in [6.07, 6.45) is -2.12. The summed E-state index contributed by atoms with van der Waals surface area (Å²) in [6, 6.07) is -0.213. The SMILES string of the molecule is CCCNC(c1cnc(C(F)(F)F)s1)c1cscc1C. The van der Waals surface area contributed by atoms with E-state index in [2.05, 4.69) is 10.3 Å².